The molecule has 0 spiro atoms. The van der Waals surface area contributed by atoms with E-state index in [1.165, 1.54) is 0 Å². The quantitative estimate of drug-likeness (QED) is 0.517. The molecular formula is C6H15NO2. The van der Waals surface area contributed by atoms with Gasteiger partial charge in [0, 0.05) is 0 Å². The topological polar surface area (TPSA) is 41.5 Å². The van der Waals surface area contributed by atoms with Crippen LogP contribution >= 0.6 is 0 Å². The van der Waals surface area contributed by atoms with Gasteiger partial charge in [0.25, 0.3) is 0 Å². The Labute approximate surface area is 56.0 Å². The molecule has 56 valence electrons. The fourth-order valence-electron chi connectivity index (χ4n) is 0.558. The first-order chi connectivity index (χ1) is 4.31. The maximum absolute atomic E-state index is 8.29. The normalized spacial score (nSPS) is 13.7. The van der Waals surface area contributed by atoms with Gasteiger partial charge >= 0.3 is 0 Å². The van der Waals surface area contributed by atoms with E-state index in [0.29, 0.717) is 0 Å². The summed E-state index contributed by atoms with van der Waals surface area (Å²) in [5, 5.41) is 11.3. The lowest BCUT2D eigenvalue weighted by Crippen LogP contribution is -2.17. The van der Waals surface area contributed by atoms with Crippen molar-refractivity contribution in [2.45, 2.75) is 19.4 Å². The van der Waals surface area contributed by atoms with Crippen LogP contribution in [0.15, 0.2) is 0 Å². The zero-order valence-electron chi connectivity index (χ0n) is 6.05. The smallest absolute Gasteiger partial charge is 0.143 e. The Morgan fingerprint density at radius 1 is 1.67 bits per heavy atom. The lowest BCUT2D eigenvalue weighted by Gasteiger charge is -2.08. The second-order valence-electron chi connectivity index (χ2n) is 2.00. The van der Waals surface area contributed by atoms with Gasteiger partial charge in [-0.1, -0.05) is 0 Å². The summed E-state index contributed by atoms with van der Waals surface area (Å²) in [4.78, 5) is 0. The number of nitrogens with one attached hydrogen (secondary N) is 1. The van der Waals surface area contributed by atoms with Crippen LogP contribution in [0.3, 0.4) is 0 Å². The maximum Gasteiger partial charge on any atom is 0.143 e. The van der Waals surface area contributed by atoms with Crippen LogP contribution in [-0.4, -0.2) is 31.6 Å². The van der Waals surface area contributed by atoms with E-state index in [2.05, 4.69) is 5.32 Å². The molecule has 2 N–H and O–H groups in total. The van der Waals surface area contributed by atoms with Crippen molar-refractivity contribution in [3.63, 3.8) is 0 Å². The minimum atomic E-state index is -0.176. The SMILES string of the molecule is CNCCC(C)OCO. The van der Waals surface area contributed by atoms with Gasteiger partial charge in [-0.3, -0.25) is 0 Å². The lowest BCUT2D eigenvalue weighted by molar-refractivity contribution is -0.0445. The minimum Gasteiger partial charge on any atom is -0.371 e. The van der Waals surface area contributed by atoms with Gasteiger partial charge in [0.2, 0.25) is 0 Å². The summed E-state index contributed by atoms with van der Waals surface area (Å²) >= 11 is 0. The van der Waals surface area contributed by atoms with Crippen molar-refractivity contribution >= 4 is 0 Å². The van der Waals surface area contributed by atoms with Crippen molar-refractivity contribution in [1.82, 2.24) is 5.32 Å². The third kappa shape index (κ3) is 5.76. The van der Waals surface area contributed by atoms with Crippen molar-refractivity contribution in [2.75, 3.05) is 20.4 Å². The standard InChI is InChI=1S/C6H15NO2/c1-6(9-5-8)3-4-7-2/h6-8H,3-5H2,1-2H3. The highest BCUT2D eigenvalue weighted by molar-refractivity contribution is 4.49. The molecule has 1 unspecified atom stereocenters. The molecule has 0 aromatic heterocycles. The van der Waals surface area contributed by atoms with Crippen LogP contribution in [0.4, 0.5) is 0 Å². The molecule has 0 aromatic carbocycles. The third-order valence-corrected chi connectivity index (χ3v) is 1.16. The fourth-order valence-corrected chi connectivity index (χ4v) is 0.558. The van der Waals surface area contributed by atoms with Gasteiger partial charge in [-0.25, -0.2) is 0 Å². The van der Waals surface area contributed by atoms with Crippen LogP contribution in [0.1, 0.15) is 13.3 Å². The van der Waals surface area contributed by atoms with Crippen molar-refractivity contribution in [3.8, 4) is 0 Å². The third-order valence-electron chi connectivity index (χ3n) is 1.16. The largest absolute Gasteiger partial charge is 0.371 e. The van der Waals surface area contributed by atoms with Crippen LogP contribution < -0.4 is 5.32 Å². The van der Waals surface area contributed by atoms with Gasteiger partial charge < -0.3 is 15.2 Å². The summed E-state index contributed by atoms with van der Waals surface area (Å²) in [6.45, 7) is 2.69. The Morgan fingerprint density at radius 3 is 2.78 bits per heavy atom. The molecule has 0 fully saturated rings. The predicted molar refractivity (Wildman–Crippen MR) is 36.2 cm³/mol. The number of hydrogen-bond acceptors (Lipinski definition) is 3. The van der Waals surface area contributed by atoms with Crippen molar-refractivity contribution in [3.05, 3.63) is 0 Å². The van der Waals surface area contributed by atoms with Gasteiger partial charge in [-0.15, -0.1) is 0 Å². The molecule has 0 bridgehead atoms. The van der Waals surface area contributed by atoms with Gasteiger partial charge in [-0.2, -0.15) is 0 Å². The molecule has 0 rings (SSSR count). The van der Waals surface area contributed by atoms with Gasteiger partial charge in [-0.05, 0) is 26.9 Å². The first-order valence-electron chi connectivity index (χ1n) is 3.18. The number of rotatable bonds is 5. The van der Waals surface area contributed by atoms with E-state index in [1.807, 2.05) is 14.0 Å². The van der Waals surface area contributed by atoms with E-state index >= 15 is 0 Å². The summed E-state index contributed by atoms with van der Waals surface area (Å²) < 4.78 is 4.86. The summed E-state index contributed by atoms with van der Waals surface area (Å²) in [5.74, 6) is 0. The average molecular weight is 133 g/mol. The van der Waals surface area contributed by atoms with Crippen molar-refractivity contribution in [1.29, 1.82) is 0 Å². The summed E-state index contributed by atoms with van der Waals surface area (Å²) in [7, 11) is 1.89. The molecule has 0 saturated carbocycles. The molecule has 3 heteroatoms. The Bertz CT molecular complexity index is 59.0. The molecule has 3 nitrogen and oxygen atoms in total. The number of hydrogen-bond donors (Lipinski definition) is 2. The summed E-state index contributed by atoms with van der Waals surface area (Å²) in [5.41, 5.74) is 0. The Balaban J connectivity index is 2.95. The molecule has 0 aliphatic heterocycles. The van der Waals surface area contributed by atoms with Crippen LogP contribution in [-0.2, 0) is 4.74 Å². The number of aliphatic hydroxyl groups is 1. The Morgan fingerprint density at radius 2 is 2.33 bits per heavy atom. The molecule has 0 aliphatic carbocycles. The summed E-state index contributed by atoms with van der Waals surface area (Å²) in [6.07, 6.45) is 1.10. The molecule has 0 heterocycles. The minimum absolute atomic E-state index is 0.155. The molecule has 0 aliphatic rings. The molecule has 0 aromatic rings. The van der Waals surface area contributed by atoms with Gasteiger partial charge in [0.15, 0.2) is 0 Å². The first-order valence-corrected chi connectivity index (χ1v) is 3.18. The molecular weight excluding hydrogens is 118 g/mol. The second-order valence-corrected chi connectivity index (χ2v) is 2.00. The van der Waals surface area contributed by atoms with E-state index in [0.717, 1.165) is 13.0 Å². The summed E-state index contributed by atoms with van der Waals surface area (Å²) in [6, 6.07) is 0. The average Bonchev–Trinajstić information content (AvgIpc) is 1.85. The Hall–Kier alpha value is -0.120. The molecule has 0 radical (unpaired) electrons. The van der Waals surface area contributed by atoms with Crippen molar-refractivity contribution in [2.24, 2.45) is 0 Å². The highest BCUT2D eigenvalue weighted by atomic mass is 16.6. The van der Waals surface area contributed by atoms with E-state index in [4.69, 9.17) is 9.84 Å². The highest BCUT2D eigenvalue weighted by Gasteiger charge is 1.97. The zero-order valence-corrected chi connectivity index (χ0v) is 6.05. The van der Waals surface area contributed by atoms with E-state index in [-0.39, 0.29) is 12.9 Å². The predicted octanol–water partition coefficient (Wildman–Crippen LogP) is -0.0492. The number of ether oxygens (including phenoxy) is 1. The number of aliphatic hydroxyl groups excluding tert-OH is 1. The van der Waals surface area contributed by atoms with E-state index in [1.54, 1.807) is 0 Å². The van der Waals surface area contributed by atoms with E-state index in [9.17, 15) is 0 Å². The van der Waals surface area contributed by atoms with Gasteiger partial charge in [0.1, 0.15) is 6.79 Å². The molecule has 1 atom stereocenters. The van der Waals surface area contributed by atoms with Crippen LogP contribution in [0.25, 0.3) is 0 Å². The van der Waals surface area contributed by atoms with Crippen LogP contribution in [0, 0.1) is 0 Å². The van der Waals surface area contributed by atoms with Crippen LogP contribution in [0.2, 0.25) is 0 Å². The van der Waals surface area contributed by atoms with E-state index < -0.39 is 0 Å². The van der Waals surface area contributed by atoms with Crippen LogP contribution in [0.5, 0.6) is 0 Å². The monoisotopic (exact) mass is 133 g/mol. The lowest BCUT2D eigenvalue weighted by atomic mass is 10.3. The first kappa shape index (κ1) is 8.88. The fraction of sp³-hybridized carbons (Fsp3) is 1.00. The molecule has 9 heavy (non-hydrogen) atoms. The molecule has 0 saturated heterocycles. The highest BCUT2D eigenvalue weighted by Crippen LogP contribution is 1.93. The zero-order chi connectivity index (χ0) is 7.11. The molecule has 0 amide bonds. The maximum atomic E-state index is 8.29. The van der Waals surface area contributed by atoms with Gasteiger partial charge in [0.05, 0.1) is 6.10 Å². The second kappa shape index (κ2) is 6.01. The Kier molecular flexibility index (Phi) is 5.93. The van der Waals surface area contributed by atoms with Crippen molar-refractivity contribution < 1.29 is 9.84 Å².